The van der Waals surface area contributed by atoms with Crippen molar-refractivity contribution in [3.05, 3.63) is 93.5 Å². The molecule has 0 bridgehead atoms. The summed E-state index contributed by atoms with van der Waals surface area (Å²) >= 11 is 6.16. The van der Waals surface area contributed by atoms with Crippen LogP contribution in [0, 0.1) is 18.6 Å². The molecule has 4 aromatic rings. The standard InChI is InChI=1S/C24H18ClF2N3O2/c1-13-21-20(32-23(13)24(31)28-16-8-6-15(26)7-9-16)10-5-14-11-30(29-22(14)21)12-17-18(25)3-2-4-19(17)27/h2-4,6-9,11H,5,10,12H2,1H3,(H,28,31). The molecule has 0 radical (unpaired) electrons. The molecule has 32 heavy (non-hydrogen) atoms. The Kier molecular flexibility index (Phi) is 5.06. The number of aromatic nitrogens is 2. The van der Waals surface area contributed by atoms with Gasteiger partial charge in [0.2, 0.25) is 0 Å². The van der Waals surface area contributed by atoms with Crippen molar-refractivity contribution in [2.24, 2.45) is 0 Å². The van der Waals surface area contributed by atoms with Crippen LogP contribution in [0.2, 0.25) is 5.02 Å². The van der Waals surface area contributed by atoms with Gasteiger partial charge in [0.05, 0.1) is 12.2 Å². The van der Waals surface area contributed by atoms with Gasteiger partial charge in [-0.3, -0.25) is 9.48 Å². The van der Waals surface area contributed by atoms with E-state index in [2.05, 4.69) is 10.4 Å². The quantitative estimate of drug-likeness (QED) is 0.426. The Balaban J connectivity index is 1.46. The Morgan fingerprint density at radius 3 is 2.72 bits per heavy atom. The normalized spacial score (nSPS) is 12.4. The van der Waals surface area contributed by atoms with Gasteiger partial charge in [-0.05, 0) is 55.3 Å². The molecule has 5 rings (SSSR count). The maximum Gasteiger partial charge on any atom is 0.291 e. The zero-order chi connectivity index (χ0) is 22.4. The molecule has 0 saturated heterocycles. The number of halogens is 3. The lowest BCUT2D eigenvalue weighted by atomic mass is 9.93. The van der Waals surface area contributed by atoms with Crippen molar-refractivity contribution in [1.29, 1.82) is 0 Å². The minimum atomic E-state index is -0.414. The number of fused-ring (bicyclic) bond motifs is 3. The molecule has 0 fully saturated rings. The number of hydrogen-bond acceptors (Lipinski definition) is 3. The van der Waals surface area contributed by atoms with E-state index in [1.807, 2.05) is 13.1 Å². The molecule has 2 heterocycles. The highest BCUT2D eigenvalue weighted by Crippen LogP contribution is 2.38. The number of anilines is 1. The van der Waals surface area contributed by atoms with Gasteiger partial charge in [-0.25, -0.2) is 8.78 Å². The first-order valence-corrected chi connectivity index (χ1v) is 10.5. The average Bonchev–Trinajstić information content (AvgIpc) is 3.33. The molecule has 1 aliphatic carbocycles. The van der Waals surface area contributed by atoms with Crippen molar-refractivity contribution in [2.75, 3.05) is 5.32 Å². The number of nitrogens with zero attached hydrogens (tertiary/aromatic N) is 2. The maximum atomic E-state index is 14.2. The summed E-state index contributed by atoms with van der Waals surface area (Å²) in [5.74, 6) is -0.298. The highest BCUT2D eigenvalue weighted by molar-refractivity contribution is 6.31. The van der Waals surface area contributed by atoms with Crippen LogP contribution in [0.15, 0.2) is 53.1 Å². The summed E-state index contributed by atoms with van der Waals surface area (Å²) in [6.07, 6.45) is 3.20. The van der Waals surface area contributed by atoms with Crippen molar-refractivity contribution in [3.8, 4) is 11.3 Å². The van der Waals surface area contributed by atoms with E-state index >= 15 is 0 Å². The minimum Gasteiger partial charge on any atom is -0.455 e. The third-order valence-electron chi connectivity index (χ3n) is 5.61. The van der Waals surface area contributed by atoms with Crippen LogP contribution in [0.5, 0.6) is 0 Å². The van der Waals surface area contributed by atoms with Gasteiger partial charge >= 0.3 is 0 Å². The number of aryl methyl sites for hydroxylation is 2. The van der Waals surface area contributed by atoms with Gasteiger partial charge in [0, 0.05) is 40.0 Å². The van der Waals surface area contributed by atoms with Crippen LogP contribution < -0.4 is 5.32 Å². The number of benzene rings is 2. The van der Waals surface area contributed by atoms with Crippen LogP contribution in [0.3, 0.4) is 0 Å². The topological polar surface area (TPSA) is 60.1 Å². The number of furan rings is 1. The third kappa shape index (κ3) is 3.58. The van der Waals surface area contributed by atoms with E-state index in [0.717, 1.165) is 16.8 Å². The number of carbonyl (C=O) groups excluding carboxylic acids is 1. The Hall–Kier alpha value is -3.45. The van der Waals surface area contributed by atoms with Gasteiger partial charge in [0.25, 0.3) is 5.91 Å². The Labute approximate surface area is 187 Å². The molecule has 0 aliphatic heterocycles. The van der Waals surface area contributed by atoms with Crippen LogP contribution in [0.1, 0.15) is 33.0 Å². The largest absolute Gasteiger partial charge is 0.455 e. The number of rotatable bonds is 4. The highest BCUT2D eigenvalue weighted by Gasteiger charge is 2.30. The fourth-order valence-corrected chi connectivity index (χ4v) is 4.25. The average molecular weight is 454 g/mol. The van der Waals surface area contributed by atoms with E-state index in [-0.39, 0.29) is 23.9 Å². The maximum absolute atomic E-state index is 14.2. The van der Waals surface area contributed by atoms with E-state index < -0.39 is 5.91 Å². The van der Waals surface area contributed by atoms with Crippen molar-refractivity contribution in [3.63, 3.8) is 0 Å². The molecule has 2 aromatic heterocycles. The summed E-state index contributed by atoms with van der Waals surface area (Å²) in [5.41, 5.74) is 4.03. The second-order valence-corrected chi connectivity index (χ2v) is 8.12. The van der Waals surface area contributed by atoms with Gasteiger partial charge in [-0.15, -0.1) is 0 Å². The van der Waals surface area contributed by atoms with Gasteiger partial charge in [0.15, 0.2) is 5.76 Å². The molecule has 162 valence electrons. The predicted molar refractivity (Wildman–Crippen MR) is 117 cm³/mol. The SMILES string of the molecule is Cc1c(C(=O)Nc2ccc(F)cc2)oc2c1-c1nn(Cc3c(F)cccc3Cl)cc1CC2. The van der Waals surface area contributed by atoms with E-state index in [1.165, 1.54) is 30.3 Å². The van der Waals surface area contributed by atoms with Gasteiger partial charge < -0.3 is 9.73 Å². The summed E-state index contributed by atoms with van der Waals surface area (Å²) in [6.45, 7) is 2.01. The molecule has 8 heteroatoms. The Bertz CT molecular complexity index is 1320. The molecule has 0 unspecified atom stereocenters. The summed E-state index contributed by atoms with van der Waals surface area (Å²) in [6, 6.07) is 10.1. The summed E-state index contributed by atoms with van der Waals surface area (Å²) < 4.78 is 34.9. The molecule has 1 N–H and O–H groups in total. The number of carbonyl (C=O) groups is 1. The first-order valence-electron chi connectivity index (χ1n) is 10.1. The smallest absolute Gasteiger partial charge is 0.291 e. The fourth-order valence-electron chi connectivity index (χ4n) is 4.03. The van der Waals surface area contributed by atoms with Crippen LogP contribution >= 0.6 is 11.6 Å². The zero-order valence-corrected chi connectivity index (χ0v) is 17.8. The highest BCUT2D eigenvalue weighted by atomic mass is 35.5. The molecule has 0 saturated carbocycles. The van der Waals surface area contributed by atoms with Crippen molar-refractivity contribution >= 4 is 23.2 Å². The van der Waals surface area contributed by atoms with Crippen LogP contribution in [0.4, 0.5) is 14.5 Å². The van der Waals surface area contributed by atoms with Gasteiger partial charge in [0.1, 0.15) is 17.4 Å². The van der Waals surface area contributed by atoms with Crippen LogP contribution in [0.25, 0.3) is 11.3 Å². The molecule has 0 atom stereocenters. The zero-order valence-electron chi connectivity index (χ0n) is 17.1. The van der Waals surface area contributed by atoms with Crippen molar-refractivity contribution in [2.45, 2.75) is 26.3 Å². The number of nitrogens with one attached hydrogen (secondary N) is 1. The summed E-state index contributed by atoms with van der Waals surface area (Å²) in [5, 5.41) is 7.73. The molecular formula is C24H18ClF2N3O2. The van der Waals surface area contributed by atoms with E-state index in [1.54, 1.807) is 16.8 Å². The monoisotopic (exact) mass is 453 g/mol. The fraction of sp³-hybridized carbons (Fsp3) is 0.167. The van der Waals surface area contributed by atoms with E-state index in [0.29, 0.717) is 40.4 Å². The lowest BCUT2D eigenvalue weighted by Gasteiger charge is -2.09. The summed E-state index contributed by atoms with van der Waals surface area (Å²) in [4.78, 5) is 12.8. The van der Waals surface area contributed by atoms with Crippen molar-refractivity contribution in [1.82, 2.24) is 9.78 Å². The van der Waals surface area contributed by atoms with Crippen LogP contribution in [-0.4, -0.2) is 15.7 Å². The molecule has 0 spiro atoms. The number of amides is 1. The molecular weight excluding hydrogens is 436 g/mol. The van der Waals surface area contributed by atoms with Crippen molar-refractivity contribution < 1.29 is 18.0 Å². The van der Waals surface area contributed by atoms with E-state index in [4.69, 9.17) is 16.0 Å². The minimum absolute atomic E-state index is 0.193. The Morgan fingerprint density at radius 1 is 1.19 bits per heavy atom. The first kappa shape index (κ1) is 20.5. The predicted octanol–water partition coefficient (Wildman–Crippen LogP) is 5.78. The number of hydrogen-bond donors (Lipinski definition) is 1. The van der Waals surface area contributed by atoms with Gasteiger partial charge in [-0.1, -0.05) is 17.7 Å². The lowest BCUT2D eigenvalue weighted by molar-refractivity contribution is 0.0994. The molecule has 5 nitrogen and oxygen atoms in total. The van der Waals surface area contributed by atoms with E-state index in [9.17, 15) is 13.6 Å². The Morgan fingerprint density at radius 2 is 1.97 bits per heavy atom. The second kappa shape index (κ2) is 7.91. The third-order valence-corrected chi connectivity index (χ3v) is 5.96. The second-order valence-electron chi connectivity index (χ2n) is 7.72. The molecule has 1 aliphatic rings. The molecule has 1 amide bonds. The van der Waals surface area contributed by atoms with Crippen LogP contribution in [-0.2, 0) is 19.4 Å². The summed E-state index contributed by atoms with van der Waals surface area (Å²) in [7, 11) is 0. The lowest BCUT2D eigenvalue weighted by Crippen LogP contribution is -2.12. The molecule has 2 aromatic carbocycles. The van der Waals surface area contributed by atoms with Gasteiger partial charge in [-0.2, -0.15) is 5.10 Å². The first-order chi connectivity index (χ1) is 15.4.